The highest BCUT2D eigenvalue weighted by Gasteiger charge is 2.45. The second-order valence-electron chi connectivity index (χ2n) is 37.2. The molecule has 20 fully saturated rings. The maximum atomic E-state index is 3.69. The van der Waals surface area contributed by atoms with E-state index in [1.54, 1.807) is 0 Å². The van der Waals surface area contributed by atoms with Gasteiger partial charge >= 0.3 is 0 Å². The lowest BCUT2D eigenvalue weighted by molar-refractivity contribution is 0.0603. The Labute approximate surface area is 583 Å². The Morgan fingerprint density at radius 2 is 0.495 bits per heavy atom. The highest BCUT2D eigenvalue weighted by atomic mass is 15.1. The molecule has 544 valence electrons. The van der Waals surface area contributed by atoms with Crippen molar-refractivity contribution >= 4 is 0 Å². The van der Waals surface area contributed by atoms with Crippen molar-refractivity contribution in [1.82, 2.24) is 69.1 Å². The minimum Gasteiger partial charge on any atom is -0.390 e. The number of hydrogen-bond donors (Lipinski definition) is 13. The Bertz CT molecular complexity index is 2000. The average Bonchev–Trinajstić information content (AvgIpc) is 1.41. The highest BCUT2D eigenvalue weighted by molar-refractivity contribution is 5.11. The standard InChI is InChI=1S/C10H19N.C9H18N2.C8H15N.C8H13N.C7H14N2.2C7H13N.C7H11N.C7H13N.2C6H11N/c1-2-6-10(5-1)7-3-4-8-11-9-10;1-2-6-11-9(3-1)4-7-10-8-5-9;2*1-2-4-8(3-1)5-6-9-7-8;1-2-7(4-8-3-1)5-9-6-7;1-3-7(4-1)5-2-6-8-7;2*1-2-7(3-1)4-5-8-6-7;1-2-4-7(3-1)5-8-6-7;2*1-2-6(3-1)4-7-5-6/h11H,1-9H2;10-11H,1-8H2;9H,1-7H2;1-2,9H,3-7H2;8-9H,1-6H2;2*8H,1-6H2;4-5,8H,1-3,6H2;8H,1-6H2;2*7H,1-5H2. The number of hydrogen-bond acceptors (Lipinski definition) is 13. The topological polar surface area (TPSA) is 156 Å². The lowest BCUT2D eigenvalue weighted by atomic mass is 9.65. The van der Waals surface area contributed by atoms with Crippen LogP contribution in [-0.2, 0) is 0 Å². The predicted octanol–water partition coefficient (Wildman–Crippen LogP) is 12.4. The van der Waals surface area contributed by atoms with Crippen LogP contribution in [0.25, 0.3) is 0 Å². The molecular formula is C82H151N13. The van der Waals surface area contributed by atoms with Gasteiger partial charge in [-0.3, -0.25) is 0 Å². The first-order valence-electron chi connectivity index (χ1n) is 42.2. The molecule has 0 aromatic carbocycles. The van der Waals surface area contributed by atoms with Crippen LogP contribution in [0.2, 0.25) is 0 Å². The third-order valence-electron chi connectivity index (χ3n) is 30.0. The largest absolute Gasteiger partial charge is 0.390 e. The van der Waals surface area contributed by atoms with E-state index in [2.05, 4.69) is 93.5 Å². The molecule has 13 aliphatic heterocycles. The van der Waals surface area contributed by atoms with E-state index in [0.717, 1.165) is 32.5 Å². The van der Waals surface area contributed by atoms with Gasteiger partial charge in [-0.15, -0.1) is 0 Å². The van der Waals surface area contributed by atoms with Crippen LogP contribution in [0.3, 0.4) is 0 Å². The van der Waals surface area contributed by atoms with Gasteiger partial charge in [-0.05, 0) is 308 Å². The number of piperidine rings is 3. The monoisotopic (exact) mass is 1320 g/mol. The first kappa shape index (κ1) is 73.5. The molecule has 0 aromatic heterocycles. The van der Waals surface area contributed by atoms with Crippen molar-refractivity contribution in [2.24, 2.45) is 48.7 Å². The summed E-state index contributed by atoms with van der Waals surface area (Å²) in [5.74, 6) is 0. The van der Waals surface area contributed by atoms with Crippen LogP contribution in [0.1, 0.15) is 283 Å². The fourth-order valence-corrected chi connectivity index (χ4v) is 21.5. The van der Waals surface area contributed by atoms with Gasteiger partial charge in [0.05, 0.1) is 0 Å². The van der Waals surface area contributed by atoms with E-state index in [4.69, 9.17) is 0 Å². The molecule has 22 aliphatic rings. The van der Waals surface area contributed by atoms with E-state index in [0.29, 0.717) is 27.3 Å². The second kappa shape index (κ2) is 35.3. The zero-order valence-electron chi connectivity index (χ0n) is 61.7. The molecular weight excluding hydrogens is 1170 g/mol. The molecule has 22 rings (SSSR count). The molecule has 9 aliphatic carbocycles. The van der Waals surface area contributed by atoms with Crippen molar-refractivity contribution in [3.63, 3.8) is 0 Å². The van der Waals surface area contributed by atoms with E-state index in [1.807, 2.05) is 0 Å². The van der Waals surface area contributed by atoms with Crippen LogP contribution in [0, 0.1) is 48.7 Å². The number of allylic oxidation sites excluding steroid dienone is 2. The molecule has 0 atom stereocenters. The van der Waals surface area contributed by atoms with Crippen molar-refractivity contribution in [3.8, 4) is 0 Å². The van der Waals surface area contributed by atoms with Gasteiger partial charge in [0.25, 0.3) is 0 Å². The third-order valence-corrected chi connectivity index (χ3v) is 30.0. The Morgan fingerprint density at radius 1 is 0.189 bits per heavy atom. The molecule has 0 bridgehead atoms. The van der Waals surface area contributed by atoms with Crippen LogP contribution in [-0.4, -0.2) is 162 Å². The van der Waals surface area contributed by atoms with Crippen LogP contribution in [0.4, 0.5) is 0 Å². The van der Waals surface area contributed by atoms with Crippen molar-refractivity contribution in [2.75, 3.05) is 151 Å². The van der Waals surface area contributed by atoms with Crippen LogP contribution in [0.5, 0.6) is 0 Å². The van der Waals surface area contributed by atoms with Crippen LogP contribution in [0.15, 0.2) is 24.4 Å². The molecule has 0 unspecified atom stereocenters. The maximum absolute atomic E-state index is 3.69. The summed E-state index contributed by atoms with van der Waals surface area (Å²) in [5.41, 5.74) is 7.98. The molecule has 95 heavy (non-hydrogen) atoms. The fourth-order valence-electron chi connectivity index (χ4n) is 21.5. The van der Waals surface area contributed by atoms with E-state index >= 15 is 0 Å². The summed E-state index contributed by atoms with van der Waals surface area (Å²) in [4.78, 5) is 0. The summed E-state index contributed by atoms with van der Waals surface area (Å²) in [6.07, 6.45) is 73.0. The summed E-state index contributed by atoms with van der Waals surface area (Å²) in [7, 11) is 0. The first-order chi connectivity index (χ1) is 46.6. The quantitative estimate of drug-likeness (QED) is 0.104. The number of nitrogens with one attached hydrogen (secondary N) is 13. The molecule has 13 heteroatoms. The number of rotatable bonds is 0. The van der Waals surface area contributed by atoms with E-state index in [1.165, 1.54) is 433 Å². The third kappa shape index (κ3) is 20.6. The van der Waals surface area contributed by atoms with Gasteiger partial charge in [-0.2, -0.15) is 0 Å². The Balaban J connectivity index is 0.000000100. The van der Waals surface area contributed by atoms with Gasteiger partial charge < -0.3 is 69.1 Å². The molecule has 11 spiro atoms. The van der Waals surface area contributed by atoms with E-state index < -0.39 is 0 Å². The molecule has 13 heterocycles. The van der Waals surface area contributed by atoms with Crippen molar-refractivity contribution in [2.45, 2.75) is 294 Å². The molecule has 13 N–H and O–H groups in total. The zero-order chi connectivity index (χ0) is 64.9. The second-order valence-corrected chi connectivity index (χ2v) is 37.2. The predicted molar refractivity (Wildman–Crippen MR) is 401 cm³/mol. The molecule has 0 radical (unpaired) electrons. The summed E-state index contributed by atoms with van der Waals surface area (Å²) < 4.78 is 0. The summed E-state index contributed by atoms with van der Waals surface area (Å²) in [6.45, 7) is 29.3. The van der Waals surface area contributed by atoms with Gasteiger partial charge in [0.1, 0.15) is 0 Å². The minimum absolute atomic E-state index is 0.545. The first-order valence-corrected chi connectivity index (χ1v) is 42.2. The molecule has 13 nitrogen and oxygen atoms in total. The summed E-state index contributed by atoms with van der Waals surface area (Å²) in [5, 5.41) is 44.5. The Morgan fingerprint density at radius 3 is 0.789 bits per heavy atom. The van der Waals surface area contributed by atoms with Gasteiger partial charge in [-0.25, -0.2) is 0 Å². The van der Waals surface area contributed by atoms with E-state index in [-0.39, 0.29) is 0 Å². The summed E-state index contributed by atoms with van der Waals surface area (Å²) >= 11 is 0. The highest BCUT2D eigenvalue weighted by Crippen LogP contribution is 2.48. The lowest BCUT2D eigenvalue weighted by Gasteiger charge is -2.49. The smallest absolute Gasteiger partial charge is 0.0233 e. The molecule has 0 aromatic rings. The van der Waals surface area contributed by atoms with E-state index in [9.17, 15) is 0 Å². The normalized spacial score (nSPS) is 31.9. The van der Waals surface area contributed by atoms with Gasteiger partial charge in [-0.1, -0.05) is 95.3 Å². The maximum Gasteiger partial charge on any atom is 0.0233 e. The van der Waals surface area contributed by atoms with Crippen LogP contribution < -0.4 is 69.1 Å². The Hall–Kier alpha value is -1.20. The van der Waals surface area contributed by atoms with Crippen LogP contribution >= 0.6 is 0 Å². The molecule has 12 saturated heterocycles. The van der Waals surface area contributed by atoms with Crippen molar-refractivity contribution < 1.29 is 0 Å². The molecule has 0 amide bonds. The SMILES string of the molecule is C1=CC2(CCC2)CN1.C1=CCC2(C1)CCNC2.C1CC2(C1)CCNC2.C1CC2(C1)CNC2.C1CC2(C1)CNC2.C1CCC2(C1)CCNC2.C1CCC2(C1)CNC2.C1CCC2(CCCC2)CNC1.C1CCC2(CCNCC2)NC1.C1CNC2(C1)CCC2.C1CNCC2(C1)CNC2. The minimum atomic E-state index is 0.545. The average molecular weight is 1320 g/mol. The van der Waals surface area contributed by atoms with Gasteiger partial charge in [0.15, 0.2) is 0 Å². The zero-order valence-corrected chi connectivity index (χ0v) is 61.7. The fraction of sp³-hybridized carbons (Fsp3) is 0.951. The van der Waals surface area contributed by atoms with Crippen molar-refractivity contribution in [3.05, 3.63) is 24.4 Å². The summed E-state index contributed by atoms with van der Waals surface area (Å²) in [6, 6.07) is 0. The Kier molecular flexibility index (Phi) is 27.3. The molecule has 8 saturated carbocycles. The van der Waals surface area contributed by atoms with Gasteiger partial charge in [0, 0.05) is 114 Å². The van der Waals surface area contributed by atoms with Crippen molar-refractivity contribution in [1.29, 1.82) is 0 Å². The lowest BCUT2D eigenvalue weighted by Crippen LogP contribution is -2.60. The van der Waals surface area contributed by atoms with Gasteiger partial charge in [0.2, 0.25) is 0 Å².